The van der Waals surface area contributed by atoms with Crippen LogP contribution in [0.2, 0.25) is 0 Å². The summed E-state index contributed by atoms with van der Waals surface area (Å²) in [5, 5.41) is 0. The molecular weight excluding hydrogens is 409 g/mol. The van der Waals surface area contributed by atoms with Crippen LogP contribution >= 0.6 is 0 Å². The molecule has 2 amide bonds. The summed E-state index contributed by atoms with van der Waals surface area (Å²) in [5.74, 6) is -0.503. The molecule has 0 bridgehead atoms. The predicted octanol–water partition coefficient (Wildman–Crippen LogP) is 3.65. The lowest BCUT2D eigenvalue weighted by molar-refractivity contribution is -0.147. The maximum Gasteiger partial charge on any atom is 0.249 e. The van der Waals surface area contributed by atoms with E-state index in [0.29, 0.717) is 12.2 Å². The van der Waals surface area contributed by atoms with Gasteiger partial charge >= 0.3 is 0 Å². The van der Waals surface area contributed by atoms with Crippen molar-refractivity contribution >= 4 is 24.1 Å². The van der Waals surface area contributed by atoms with Crippen molar-refractivity contribution in [1.29, 1.82) is 0 Å². The Kier molecular flexibility index (Phi) is 9.50. The van der Waals surface area contributed by atoms with Crippen LogP contribution in [0.5, 0.6) is 0 Å². The minimum Gasteiger partial charge on any atom is -0.372 e. The van der Waals surface area contributed by atoms with Gasteiger partial charge in [0.1, 0.15) is 12.4 Å². The van der Waals surface area contributed by atoms with E-state index in [1.807, 2.05) is 32.0 Å². The van der Waals surface area contributed by atoms with Crippen LogP contribution in [0.3, 0.4) is 0 Å². The zero-order valence-corrected chi connectivity index (χ0v) is 18.3. The second-order valence-corrected chi connectivity index (χ2v) is 7.19. The zero-order chi connectivity index (χ0) is 23.5. The third-order valence-electron chi connectivity index (χ3n) is 5.06. The molecule has 0 spiro atoms. The fourth-order valence-electron chi connectivity index (χ4n) is 3.48. The van der Waals surface area contributed by atoms with Gasteiger partial charge in [0.05, 0.1) is 12.6 Å². The van der Waals surface area contributed by atoms with Crippen LogP contribution in [0.4, 0.5) is 4.39 Å². The van der Waals surface area contributed by atoms with Gasteiger partial charge in [-0.1, -0.05) is 54.6 Å². The maximum atomic E-state index is 14.2. The molecule has 0 radical (unpaired) electrons. The van der Waals surface area contributed by atoms with Crippen LogP contribution in [0.15, 0.2) is 71.9 Å². The van der Waals surface area contributed by atoms with Crippen molar-refractivity contribution in [2.24, 2.45) is 10.7 Å². The smallest absolute Gasteiger partial charge is 0.249 e. The topological polar surface area (TPSA) is 85.0 Å². The largest absolute Gasteiger partial charge is 0.372 e. The van der Waals surface area contributed by atoms with E-state index in [9.17, 15) is 9.18 Å². The lowest BCUT2D eigenvalue weighted by Crippen LogP contribution is -2.50. The van der Waals surface area contributed by atoms with E-state index in [-0.39, 0.29) is 37.3 Å². The third kappa shape index (κ3) is 6.46. The summed E-state index contributed by atoms with van der Waals surface area (Å²) in [6.07, 6.45) is 3.42. The van der Waals surface area contributed by atoms with Gasteiger partial charge in [0, 0.05) is 24.5 Å². The van der Waals surface area contributed by atoms with Crippen LogP contribution < -0.4 is 5.73 Å². The molecule has 1 heterocycles. The first-order valence-electron chi connectivity index (χ1n) is 10.1. The van der Waals surface area contributed by atoms with Crippen LogP contribution in [-0.4, -0.2) is 42.7 Å². The Morgan fingerprint density at radius 1 is 1.31 bits per heavy atom. The van der Waals surface area contributed by atoms with E-state index >= 15 is 0 Å². The monoisotopic (exact) mass is 437 g/mol. The molecule has 168 valence electrons. The highest BCUT2D eigenvalue weighted by molar-refractivity contribution is 5.94. The Balaban J connectivity index is 0.00000114. The second kappa shape index (κ2) is 12.3. The van der Waals surface area contributed by atoms with Crippen LogP contribution in [0, 0.1) is 12.7 Å². The molecule has 6 nitrogen and oxygen atoms in total. The molecule has 0 saturated carbocycles. The number of benzene rings is 2. The van der Waals surface area contributed by atoms with Crippen LogP contribution in [0.1, 0.15) is 23.6 Å². The average Bonchev–Trinajstić information content (AvgIpc) is 2.77. The molecule has 2 aromatic carbocycles. The Morgan fingerprint density at radius 3 is 2.69 bits per heavy atom. The van der Waals surface area contributed by atoms with Crippen LogP contribution in [-0.2, 0) is 20.9 Å². The first-order valence-corrected chi connectivity index (χ1v) is 10.1. The lowest BCUT2D eigenvalue weighted by Gasteiger charge is -2.37. The van der Waals surface area contributed by atoms with E-state index in [1.165, 1.54) is 12.3 Å². The normalized spacial score (nSPS) is 16.8. The Bertz CT molecular complexity index is 1020. The number of morpholine rings is 1. The number of amides is 2. The van der Waals surface area contributed by atoms with Gasteiger partial charge in [-0.05, 0) is 36.6 Å². The van der Waals surface area contributed by atoms with Crippen LogP contribution in [0.25, 0.3) is 5.57 Å². The molecule has 1 fully saturated rings. The molecule has 2 N–H and O–H groups in total. The number of hydrogen-bond donors (Lipinski definition) is 1. The number of aryl methyl sites for hydroxylation is 1. The quantitative estimate of drug-likeness (QED) is 0.553. The van der Waals surface area contributed by atoms with Gasteiger partial charge in [-0.3, -0.25) is 14.6 Å². The van der Waals surface area contributed by atoms with Crippen molar-refractivity contribution in [2.75, 3.05) is 13.2 Å². The predicted molar refractivity (Wildman–Crippen MR) is 124 cm³/mol. The molecule has 1 aliphatic heterocycles. The van der Waals surface area contributed by atoms with Gasteiger partial charge in [0.25, 0.3) is 0 Å². The molecule has 1 atom stereocenters. The van der Waals surface area contributed by atoms with Crippen molar-refractivity contribution in [1.82, 2.24) is 4.90 Å². The number of aliphatic imine (C=N–C) groups is 1. The van der Waals surface area contributed by atoms with Crippen molar-refractivity contribution in [3.8, 4) is 0 Å². The number of carbonyl (C=O) groups is 2. The zero-order valence-electron chi connectivity index (χ0n) is 18.3. The average molecular weight is 438 g/mol. The Labute approximate surface area is 187 Å². The second-order valence-electron chi connectivity index (χ2n) is 7.19. The molecule has 0 aromatic heterocycles. The summed E-state index contributed by atoms with van der Waals surface area (Å²) in [7, 11) is 0. The molecule has 1 saturated heterocycles. The summed E-state index contributed by atoms with van der Waals surface area (Å²) in [6, 6.07) is 14.3. The minimum absolute atomic E-state index is 0.0136. The molecule has 2 aromatic rings. The molecular formula is C25H28FN3O3. The number of allylic oxidation sites excluding steroid dienone is 1. The number of nitrogens with zero attached hydrogens (tertiary/aromatic N) is 2. The van der Waals surface area contributed by atoms with Gasteiger partial charge in [-0.2, -0.15) is 0 Å². The van der Waals surface area contributed by atoms with Gasteiger partial charge < -0.3 is 15.4 Å². The van der Waals surface area contributed by atoms with E-state index in [1.54, 1.807) is 29.3 Å². The van der Waals surface area contributed by atoms with E-state index in [0.717, 1.165) is 22.3 Å². The highest BCUT2D eigenvalue weighted by atomic mass is 19.1. The first kappa shape index (κ1) is 24.7. The number of primary amides is 1. The number of ether oxygens (including phenoxy) is 1. The number of rotatable bonds is 6. The minimum atomic E-state index is -0.375. The summed E-state index contributed by atoms with van der Waals surface area (Å²) >= 11 is 0. The third-order valence-corrected chi connectivity index (χ3v) is 5.06. The molecule has 1 unspecified atom stereocenters. The standard InChI is InChI=1S/C24H25FN2O2.CH3NO/c1-4-26-13-21(18(3)19-10-7-8-17(2)12-19)23-15-29-16-24(28)27(23)14-20-9-5-6-11-22(20)25;2-1-3/h4-13,23H,1,14-16H2,2-3H3;1H,(H2,2,3)/b21-18-,26-13?;. The van der Waals surface area contributed by atoms with Gasteiger partial charge in [-0.15, -0.1) is 0 Å². The van der Waals surface area contributed by atoms with E-state index in [2.05, 4.69) is 23.4 Å². The number of carbonyl (C=O) groups excluding carboxylic acids is 2. The fraction of sp³-hybridized carbons (Fsp3) is 0.240. The lowest BCUT2D eigenvalue weighted by atomic mass is 9.94. The van der Waals surface area contributed by atoms with Gasteiger partial charge in [0.15, 0.2) is 0 Å². The molecule has 32 heavy (non-hydrogen) atoms. The summed E-state index contributed by atoms with van der Waals surface area (Å²) in [6.45, 7) is 8.17. The first-order chi connectivity index (χ1) is 15.4. The highest BCUT2D eigenvalue weighted by Crippen LogP contribution is 2.27. The molecule has 1 aliphatic rings. The Morgan fingerprint density at radius 2 is 2.03 bits per heavy atom. The van der Waals surface area contributed by atoms with Gasteiger partial charge in [0.2, 0.25) is 12.3 Å². The molecule has 7 heteroatoms. The number of hydrogen-bond acceptors (Lipinski definition) is 4. The maximum absolute atomic E-state index is 14.2. The van der Waals surface area contributed by atoms with Gasteiger partial charge in [-0.25, -0.2) is 4.39 Å². The molecule has 0 aliphatic carbocycles. The SMILES string of the molecule is C=CN=C/C(=C(\C)c1cccc(C)c1)C1COCC(=O)N1Cc1ccccc1F.NC=O. The number of nitrogens with two attached hydrogens (primary N) is 1. The Hall–Kier alpha value is -3.58. The summed E-state index contributed by atoms with van der Waals surface area (Å²) in [5.41, 5.74) is 8.66. The highest BCUT2D eigenvalue weighted by Gasteiger charge is 2.32. The van der Waals surface area contributed by atoms with Crippen molar-refractivity contribution in [3.05, 3.63) is 89.4 Å². The van der Waals surface area contributed by atoms with E-state index in [4.69, 9.17) is 9.53 Å². The van der Waals surface area contributed by atoms with Crippen molar-refractivity contribution in [3.63, 3.8) is 0 Å². The number of halogens is 1. The summed E-state index contributed by atoms with van der Waals surface area (Å²) in [4.78, 5) is 27.2. The van der Waals surface area contributed by atoms with Crippen molar-refractivity contribution < 1.29 is 18.7 Å². The fourth-order valence-corrected chi connectivity index (χ4v) is 3.48. The van der Waals surface area contributed by atoms with Crippen molar-refractivity contribution in [2.45, 2.75) is 26.4 Å². The summed E-state index contributed by atoms with van der Waals surface area (Å²) < 4.78 is 19.8. The molecule has 3 rings (SSSR count). The van der Waals surface area contributed by atoms with E-state index < -0.39 is 0 Å².